The summed E-state index contributed by atoms with van der Waals surface area (Å²) in [5.41, 5.74) is 5.28. The molecule has 100 valence electrons. The molecular formula is C11H23N3O3. The fourth-order valence-corrected chi connectivity index (χ4v) is 2.15. The fourth-order valence-electron chi connectivity index (χ4n) is 2.15. The van der Waals surface area contributed by atoms with Crippen LogP contribution in [0.3, 0.4) is 0 Å². The van der Waals surface area contributed by atoms with Crippen molar-refractivity contribution in [3.05, 3.63) is 0 Å². The van der Waals surface area contributed by atoms with Gasteiger partial charge in [0.05, 0.1) is 13.1 Å². The molecule has 1 rings (SSSR count). The number of hydrogen-bond donors (Lipinski definition) is 2. The van der Waals surface area contributed by atoms with Gasteiger partial charge in [0.1, 0.15) is 0 Å². The maximum Gasteiger partial charge on any atom is 0.231 e. The Bertz CT molecular complexity index is 228. The summed E-state index contributed by atoms with van der Waals surface area (Å²) in [6.07, 6.45) is 1.73. The highest BCUT2D eigenvalue weighted by Gasteiger charge is 2.24. The van der Waals surface area contributed by atoms with E-state index in [2.05, 4.69) is 10.2 Å². The van der Waals surface area contributed by atoms with E-state index >= 15 is 0 Å². The largest absolute Gasteiger partial charge is 0.369 e. The van der Waals surface area contributed by atoms with Crippen LogP contribution in [0, 0.1) is 0 Å². The number of rotatable bonds is 7. The normalized spacial score (nSPS) is 17.9. The van der Waals surface area contributed by atoms with Gasteiger partial charge in [-0.05, 0) is 25.9 Å². The van der Waals surface area contributed by atoms with Gasteiger partial charge in [-0.15, -0.1) is 0 Å². The molecule has 1 aliphatic heterocycles. The SMILES string of the molecule is COC(CN(CC(N)=O)C1CCNCC1)OC. The molecule has 0 atom stereocenters. The summed E-state index contributed by atoms with van der Waals surface area (Å²) < 4.78 is 10.3. The zero-order valence-corrected chi connectivity index (χ0v) is 10.6. The molecule has 0 radical (unpaired) electrons. The van der Waals surface area contributed by atoms with Gasteiger partial charge in [0.2, 0.25) is 5.91 Å². The summed E-state index contributed by atoms with van der Waals surface area (Å²) in [6.45, 7) is 2.78. The molecule has 3 N–H and O–H groups in total. The van der Waals surface area contributed by atoms with Gasteiger partial charge in [-0.3, -0.25) is 9.69 Å². The third-order valence-electron chi connectivity index (χ3n) is 3.09. The number of nitrogens with two attached hydrogens (primary N) is 1. The van der Waals surface area contributed by atoms with Crippen molar-refractivity contribution in [3.63, 3.8) is 0 Å². The Kier molecular flexibility index (Phi) is 6.43. The molecule has 0 aliphatic carbocycles. The van der Waals surface area contributed by atoms with Gasteiger partial charge in [-0.2, -0.15) is 0 Å². The topological polar surface area (TPSA) is 76.8 Å². The van der Waals surface area contributed by atoms with Crippen LogP contribution in [0.1, 0.15) is 12.8 Å². The second-order valence-corrected chi connectivity index (χ2v) is 4.28. The number of hydrogen-bond acceptors (Lipinski definition) is 5. The van der Waals surface area contributed by atoms with Crippen molar-refractivity contribution in [1.82, 2.24) is 10.2 Å². The van der Waals surface area contributed by atoms with Crippen LogP contribution in [0.15, 0.2) is 0 Å². The summed E-state index contributed by atoms with van der Waals surface area (Å²) in [7, 11) is 3.19. The van der Waals surface area contributed by atoms with E-state index in [0.29, 0.717) is 12.6 Å². The second-order valence-electron chi connectivity index (χ2n) is 4.28. The smallest absolute Gasteiger partial charge is 0.231 e. The summed E-state index contributed by atoms with van der Waals surface area (Å²) in [5.74, 6) is -0.311. The Hall–Kier alpha value is -0.690. The van der Waals surface area contributed by atoms with Gasteiger partial charge in [0.25, 0.3) is 0 Å². The van der Waals surface area contributed by atoms with Crippen molar-refractivity contribution in [3.8, 4) is 0 Å². The highest BCUT2D eigenvalue weighted by atomic mass is 16.7. The first-order valence-corrected chi connectivity index (χ1v) is 5.96. The molecule has 0 aromatic rings. The second kappa shape index (κ2) is 7.60. The Morgan fingerprint density at radius 2 is 2.00 bits per heavy atom. The number of piperidine rings is 1. The number of nitrogens with zero attached hydrogens (tertiary/aromatic N) is 1. The molecule has 1 heterocycles. The van der Waals surface area contributed by atoms with Gasteiger partial charge >= 0.3 is 0 Å². The molecule has 6 nitrogen and oxygen atoms in total. The molecule has 17 heavy (non-hydrogen) atoms. The fraction of sp³-hybridized carbons (Fsp3) is 0.909. The van der Waals surface area contributed by atoms with E-state index in [-0.39, 0.29) is 18.7 Å². The first-order valence-electron chi connectivity index (χ1n) is 5.96. The minimum atomic E-state index is -0.316. The monoisotopic (exact) mass is 245 g/mol. The van der Waals surface area contributed by atoms with Crippen molar-refractivity contribution in [2.45, 2.75) is 25.2 Å². The molecule has 0 unspecified atom stereocenters. The maximum atomic E-state index is 11.1. The third-order valence-corrected chi connectivity index (χ3v) is 3.09. The number of nitrogens with one attached hydrogen (secondary N) is 1. The van der Waals surface area contributed by atoms with Gasteiger partial charge in [-0.1, -0.05) is 0 Å². The number of primary amides is 1. The van der Waals surface area contributed by atoms with Gasteiger partial charge in [-0.25, -0.2) is 0 Å². The van der Waals surface area contributed by atoms with Gasteiger partial charge in [0.15, 0.2) is 6.29 Å². The van der Waals surface area contributed by atoms with E-state index in [1.165, 1.54) is 0 Å². The predicted molar refractivity (Wildman–Crippen MR) is 64.5 cm³/mol. The Morgan fingerprint density at radius 1 is 1.41 bits per heavy atom. The van der Waals surface area contributed by atoms with E-state index in [1.807, 2.05) is 0 Å². The molecule has 0 aromatic heterocycles. The number of methoxy groups -OCH3 is 2. The standard InChI is InChI=1S/C11H23N3O3/c1-16-11(17-2)8-14(7-10(12)15)9-3-5-13-6-4-9/h9,11,13H,3-8H2,1-2H3,(H2,12,15). The molecule has 6 heteroatoms. The van der Waals surface area contributed by atoms with Crippen LogP contribution in [0.2, 0.25) is 0 Å². The maximum absolute atomic E-state index is 11.1. The summed E-state index contributed by atoms with van der Waals surface area (Å²) >= 11 is 0. The summed E-state index contributed by atoms with van der Waals surface area (Å²) in [4.78, 5) is 13.2. The molecule has 1 aliphatic rings. The first-order chi connectivity index (χ1) is 8.17. The molecule has 0 spiro atoms. The molecular weight excluding hydrogens is 222 g/mol. The lowest BCUT2D eigenvalue weighted by atomic mass is 10.0. The molecule has 1 saturated heterocycles. The average Bonchev–Trinajstić information content (AvgIpc) is 2.35. The van der Waals surface area contributed by atoms with Crippen molar-refractivity contribution in [1.29, 1.82) is 0 Å². The predicted octanol–water partition coefficient (Wildman–Crippen LogP) is -0.855. The minimum absolute atomic E-state index is 0.258. The zero-order chi connectivity index (χ0) is 12.7. The summed E-state index contributed by atoms with van der Waals surface area (Å²) in [5, 5.41) is 3.30. The molecule has 1 fully saturated rings. The molecule has 0 bridgehead atoms. The number of carbonyl (C=O) groups is 1. The van der Waals surface area contributed by atoms with Crippen LogP contribution in [-0.2, 0) is 14.3 Å². The van der Waals surface area contributed by atoms with Crippen molar-refractivity contribution >= 4 is 5.91 Å². The highest BCUT2D eigenvalue weighted by molar-refractivity contribution is 5.75. The molecule has 0 aromatic carbocycles. The lowest BCUT2D eigenvalue weighted by Crippen LogP contribution is -2.49. The Balaban J connectivity index is 2.54. The van der Waals surface area contributed by atoms with Crippen LogP contribution < -0.4 is 11.1 Å². The molecule has 0 saturated carbocycles. The lowest BCUT2D eigenvalue weighted by Gasteiger charge is -2.35. The van der Waals surface area contributed by atoms with Crippen molar-refractivity contribution < 1.29 is 14.3 Å². The van der Waals surface area contributed by atoms with Crippen LogP contribution in [0.5, 0.6) is 0 Å². The van der Waals surface area contributed by atoms with E-state index in [0.717, 1.165) is 25.9 Å². The van der Waals surface area contributed by atoms with Crippen LogP contribution in [0.25, 0.3) is 0 Å². The van der Waals surface area contributed by atoms with Crippen molar-refractivity contribution in [2.24, 2.45) is 5.73 Å². The zero-order valence-electron chi connectivity index (χ0n) is 10.6. The summed E-state index contributed by atoms with van der Waals surface area (Å²) in [6, 6.07) is 0.372. The van der Waals surface area contributed by atoms with E-state index in [9.17, 15) is 4.79 Å². The van der Waals surface area contributed by atoms with Crippen molar-refractivity contribution in [2.75, 3.05) is 40.4 Å². The van der Waals surface area contributed by atoms with E-state index in [1.54, 1.807) is 14.2 Å². The lowest BCUT2D eigenvalue weighted by molar-refractivity contribution is -0.131. The quantitative estimate of drug-likeness (QED) is 0.571. The Morgan fingerprint density at radius 3 is 2.47 bits per heavy atom. The van der Waals surface area contributed by atoms with Crippen LogP contribution in [0.4, 0.5) is 0 Å². The number of ether oxygens (including phenoxy) is 2. The highest BCUT2D eigenvalue weighted by Crippen LogP contribution is 2.12. The first kappa shape index (κ1) is 14.4. The van der Waals surface area contributed by atoms with E-state index < -0.39 is 0 Å². The third kappa shape index (κ3) is 4.99. The van der Waals surface area contributed by atoms with E-state index in [4.69, 9.17) is 15.2 Å². The minimum Gasteiger partial charge on any atom is -0.369 e. The van der Waals surface area contributed by atoms with Gasteiger partial charge in [0, 0.05) is 20.3 Å². The number of carbonyl (C=O) groups excluding carboxylic acids is 1. The molecule has 1 amide bonds. The Labute approximate surface area is 102 Å². The average molecular weight is 245 g/mol. The van der Waals surface area contributed by atoms with Crippen LogP contribution in [-0.4, -0.2) is 63.5 Å². The number of amides is 1. The van der Waals surface area contributed by atoms with Gasteiger partial charge < -0.3 is 20.5 Å². The van der Waals surface area contributed by atoms with Crippen LogP contribution >= 0.6 is 0 Å².